The fourth-order valence-corrected chi connectivity index (χ4v) is 2.80. The van der Waals surface area contributed by atoms with Gasteiger partial charge in [-0.05, 0) is 29.7 Å². The molecule has 1 amide bonds. The molecule has 0 radical (unpaired) electrons. The summed E-state index contributed by atoms with van der Waals surface area (Å²) in [4.78, 5) is 14.4. The molecule has 0 saturated carbocycles. The van der Waals surface area contributed by atoms with E-state index in [0.29, 0.717) is 30.4 Å². The predicted molar refractivity (Wildman–Crippen MR) is 90.3 cm³/mol. The highest BCUT2D eigenvalue weighted by atomic mass is 16.5. The highest BCUT2D eigenvalue weighted by Crippen LogP contribution is 2.20. The lowest BCUT2D eigenvalue weighted by Gasteiger charge is -2.16. The third-order valence-electron chi connectivity index (χ3n) is 4.29. The molecule has 4 nitrogen and oxygen atoms in total. The van der Waals surface area contributed by atoms with Crippen molar-refractivity contribution in [3.8, 4) is 5.75 Å². The molecule has 2 atom stereocenters. The van der Waals surface area contributed by atoms with E-state index >= 15 is 0 Å². The lowest BCUT2D eigenvalue weighted by molar-refractivity contribution is 0.0786. The first-order valence-corrected chi connectivity index (χ1v) is 7.95. The van der Waals surface area contributed by atoms with E-state index in [4.69, 9.17) is 10.5 Å². The van der Waals surface area contributed by atoms with Gasteiger partial charge in [-0.3, -0.25) is 4.79 Å². The van der Waals surface area contributed by atoms with Crippen LogP contribution in [0.2, 0.25) is 0 Å². The van der Waals surface area contributed by atoms with Crippen LogP contribution in [0.4, 0.5) is 0 Å². The van der Waals surface area contributed by atoms with Crippen molar-refractivity contribution < 1.29 is 9.53 Å². The van der Waals surface area contributed by atoms with Crippen LogP contribution in [-0.4, -0.2) is 29.9 Å². The Morgan fingerprint density at radius 1 is 1.17 bits per heavy atom. The molecule has 2 N–H and O–H groups in total. The molecule has 1 fully saturated rings. The maximum Gasteiger partial charge on any atom is 0.254 e. The third kappa shape index (κ3) is 3.71. The summed E-state index contributed by atoms with van der Waals surface area (Å²) < 4.78 is 5.79. The zero-order valence-corrected chi connectivity index (χ0v) is 13.3. The first-order chi connectivity index (χ1) is 11.1. The molecule has 2 unspecified atom stereocenters. The van der Waals surface area contributed by atoms with Crippen LogP contribution in [0.3, 0.4) is 0 Å². The second-order valence-corrected chi connectivity index (χ2v) is 6.15. The summed E-state index contributed by atoms with van der Waals surface area (Å²) in [5.41, 5.74) is 7.76. The SMILES string of the molecule is CC1CN(C(=O)c2cccc(OCc3ccccc3)c2)CC1N. The Bertz CT molecular complexity index is 662. The molecule has 4 heteroatoms. The second kappa shape index (κ2) is 6.84. The Balaban J connectivity index is 1.66. The summed E-state index contributed by atoms with van der Waals surface area (Å²) in [7, 11) is 0. The van der Waals surface area contributed by atoms with Gasteiger partial charge in [0, 0.05) is 24.7 Å². The van der Waals surface area contributed by atoms with Gasteiger partial charge in [-0.2, -0.15) is 0 Å². The number of carbonyl (C=O) groups excluding carboxylic acids is 1. The van der Waals surface area contributed by atoms with Crippen molar-refractivity contribution in [1.29, 1.82) is 0 Å². The van der Waals surface area contributed by atoms with Crippen LogP contribution in [0, 0.1) is 5.92 Å². The van der Waals surface area contributed by atoms with Gasteiger partial charge in [0.2, 0.25) is 0 Å². The van der Waals surface area contributed by atoms with Crippen LogP contribution >= 0.6 is 0 Å². The fourth-order valence-electron chi connectivity index (χ4n) is 2.80. The van der Waals surface area contributed by atoms with E-state index in [1.807, 2.05) is 53.4 Å². The molecule has 2 aromatic carbocycles. The van der Waals surface area contributed by atoms with Gasteiger partial charge < -0.3 is 15.4 Å². The number of nitrogens with zero attached hydrogens (tertiary/aromatic N) is 1. The Morgan fingerprint density at radius 2 is 1.96 bits per heavy atom. The van der Waals surface area contributed by atoms with Crippen LogP contribution in [-0.2, 0) is 6.61 Å². The molecular formula is C19H22N2O2. The third-order valence-corrected chi connectivity index (χ3v) is 4.29. The minimum absolute atomic E-state index is 0.0231. The quantitative estimate of drug-likeness (QED) is 0.944. The Kier molecular flexibility index (Phi) is 4.63. The molecule has 0 aromatic heterocycles. The molecule has 0 spiro atoms. The number of ether oxygens (including phenoxy) is 1. The van der Waals surface area contributed by atoms with Gasteiger partial charge in [0.05, 0.1) is 0 Å². The van der Waals surface area contributed by atoms with Crippen LogP contribution < -0.4 is 10.5 Å². The van der Waals surface area contributed by atoms with E-state index in [2.05, 4.69) is 6.92 Å². The lowest BCUT2D eigenvalue weighted by atomic mass is 10.1. The van der Waals surface area contributed by atoms with Crippen molar-refractivity contribution in [2.75, 3.05) is 13.1 Å². The standard InChI is InChI=1S/C19H22N2O2/c1-14-11-21(12-18(14)20)19(22)16-8-5-9-17(10-16)23-13-15-6-3-2-4-7-15/h2-10,14,18H,11-13,20H2,1H3. The number of nitrogens with two attached hydrogens (primary N) is 1. The number of hydrogen-bond donors (Lipinski definition) is 1. The number of hydrogen-bond acceptors (Lipinski definition) is 3. The molecule has 1 heterocycles. The normalized spacial score (nSPS) is 20.5. The average molecular weight is 310 g/mol. The summed E-state index contributed by atoms with van der Waals surface area (Å²) in [6.07, 6.45) is 0. The average Bonchev–Trinajstić information content (AvgIpc) is 2.92. The van der Waals surface area contributed by atoms with Crippen LogP contribution in [0.1, 0.15) is 22.8 Å². The molecule has 1 aliphatic rings. The fraction of sp³-hybridized carbons (Fsp3) is 0.316. The van der Waals surface area contributed by atoms with Gasteiger partial charge >= 0.3 is 0 Å². The van der Waals surface area contributed by atoms with Crippen molar-refractivity contribution in [3.63, 3.8) is 0 Å². The Labute approximate surface area is 136 Å². The highest BCUT2D eigenvalue weighted by Gasteiger charge is 2.30. The van der Waals surface area contributed by atoms with E-state index in [1.54, 1.807) is 6.07 Å². The van der Waals surface area contributed by atoms with Crippen LogP contribution in [0.25, 0.3) is 0 Å². The van der Waals surface area contributed by atoms with E-state index in [9.17, 15) is 4.79 Å². The maximum atomic E-state index is 12.6. The summed E-state index contributed by atoms with van der Waals surface area (Å²) in [6, 6.07) is 17.4. The molecule has 23 heavy (non-hydrogen) atoms. The monoisotopic (exact) mass is 310 g/mol. The highest BCUT2D eigenvalue weighted by molar-refractivity contribution is 5.94. The molecule has 2 aromatic rings. The zero-order chi connectivity index (χ0) is 16.2. The first-order valence-electron chi connectivity index (χ1n) is 7.95. The first kappa shape index (κ1) is 15.6. The molecule has 3 rings (SSSR count). The van der Waals surface area contributed by atoms with Crippen LogP contribution in [0.15, 0.2) is 54.6 Å². The van der Waals surface area contributed by atoms with Crippen molar-refractivity contribution in [2.24, 2.45) is 11.7 Å². The maximum absolute atomic E-state index is 12.6. The number of rotatable bonds is 4. The second-order valence-electron chi connectivity index (χ2n) is 6.15. The molecule has 120 valence electrons. The predicted octanol–water partition coefficient (Wildman–Crippen LogP) is 2.68. The van der Waals surface area contributed by atoms with Crippen molar-refractivity contribution in [1.82, 2.24) is 4.90 Å². The zero-order valence-electron chi connectivity index (χ0n) is 13.3. The topological polar surface area (TPSA) is 55.6 Å². The Hall–Kier alpha value is -2.33. The summed E-state index contributed by atoms with van der Waals surface area (Å²) in [5.74, 6) is 1.07. The summed E-state index contributed by atoms with van der Waals surface area (Å²) in [6.45, 7) is 3.91. The van der Waals surface area contributed by atoms with Gasteiger partial charge in [-0.25, -0.2) is 0 Å². The van der Waals surface area contributed by atoms with Gasteiger partial charge in [0.1, 0.15) is 12.4 Å². The Morgan fingerprint density at radius 3 is 2.65 bits per heavy atom. The molecule has 1 saturated heterocycles. The van der Waals surface area contributed by atoms with Gasteiger partial charge in [-0.15, -0.1) is 0 Å². The van der Waals surface area contributed by atoms with Gasteiger partial charge in [0.25, 0.3) is 5.91 Å². The van der Waals surface area contributed by atoms with E-state index in [-0.39, 0.29) is 11.9 Å². The molecular weight excluding hydrogens is 288 g/mol. The van der Waals surface area contributed by atoms with Crippen molar-refractivity contribution in [3.05, 3.63) is 65.7 Å². The largest absolute Gasteiger partial charge is 0.489 e. The molecule has 0 aliphatic carbocycles. The minimum atomic E-state index is 0.0231. The summed E-state index contributed by atoms with van der Waals surface area (Å²) >= 11 is 0. The molecule has 0 bridgehead atoms. The number of amides is 1. The number of benzene rings is 2. The van der Waals surface area contributed by atoms with Crippen molar-refractivity contribution >= 4 is 5.91 Å². The van der Waals surface area contributed by atoms with Crippen LogP contribution in [0.5, 0.6) is 5.75 Å². The molecule has 1 aliphatic heterocycles. The summed E-state index contributed by atoms with van der Waals surface area (Å²) in [5, 5.41) is 0. The smallest absolute Gasteiger partial charge is 0.254 e. The lowest BCUT2D eigenvalue weighted by Crippen LogP contribution is -2.32. The van der Waals surface area contributed by atoms with Gasteiger partial charge in [0.15, 0.2) is 0 Å². The number of carbonyl (C=O) groups is 1. The minimum Gasteiger partial charge on any atom is -0.489 e. The van der Waals surface area contributed by atoms with E-state index in [1.165, 1.54) is 0 Å². The van der Waals surface area contributed by atoms with Crippen molar-refractivity contribution in [2.45, 2.75) is 19.6 Å². The number of likely N-dealkylation sites (tertiary alicyclic amines) is 1. The van der Waals surface area contributed by atoms with E-state index in [0.717, 1.165) is 12.1 Å². The van der Waals surface area contributed by atoms with E-state index < -0.39 is 0 Å². The van der Waals surface area contributed by atoms with Gasteiger partial charge in [-0.1, -0.05) is 43.3 Å².